The predicted octanol–water partition coefficient (Wildman–Crippen LogP) is 3.40. The average molecular weight is 457 g/mol. The van der Waals surface area contributed by atoms with Crippen molar-refractivity contribution in [3.8, 4) is 0 Å². The number of aliphatic hydroxyl groups is 1. The summed E-state index contributed by atoms with van der Waals surface area (Å²) in [6.45, 7) is -0.210. The van der Waals surface area contributed by atoms with Gasteiger partial charge in [0.05, 0.1) is 13.0 Å². The molecular formula is C18H17F8N4O+. The van der Waals surface area contributed by atoms with Crippen molar-refractivity contribution in [2.75, 3.05) is 6.54 Å². The van der Waals surface area contributed by atoms with Crippen LogP contribution in [0.2, 0.25) is 0 Å². The third kappa shape index (κ3) is 4.65. The molecule has 3 N–H and O–H groups in total. The van der Waals surface area contributed by atoms with E-state index in [0.29, 0.717) is 18.3 Å². The lowest BCUT2D eigenvalue weighted by molar-refractivity contribution is -0.561. The molecule has 1 aliphatic heterocycles. The molecule has 2 aromatic rings. The van der Waals surface area contributed by atoms with E-state index in [1.807, 2.05) is 0 Å². The summed E-state index contributed by atoms with van der Waals surface area (Å²) < 4.78 is 107. The third-order valence-corrected chi connectivity index (χ3v) is 4.86. The summed E-state index contributed by atoms with van der Waals surface area (Å²) in [6.07, 6.45) is -5.65. The van der Waals surface area contributed by atoms with Gasteiger partial charge in [0.1, 0.15) is 11.5 Å². The summed E-state index contributed by atoms with van der Waals surface area (Å²) in [6, 6.07) is 0.118. The highest BCUT2D eigenvalue weighted by atomic mass is 19.4. The van der Waals surface area contributed by atoms with E-state index in [1.54, 1.807) is 0 Å². The maximum absolute atomic E-state index is 13.7. The quantitative estimate of drug-likeness (QED) is 0.313. The third-order valence-electron chi connectivity index (χ3n) is 4.86. The van der Waals surface area contributed by atoms with Gasteiger partial charge in [-0.1, -0.05) is 0 Å². The minimum absolute atomic E-state index is 0.0205. The first-order valence-electron chi connectivity index (χ1n) is 8.99. The van der Waals surface area contributed by atoms with Gasteiger partial charge in [-0.3, -0.25) is 0 Å². The Labute approximate surface area is 170 Å². The number of benzene rings is 1. The van der Waals surface area contributed by atoms with Crippen molar-refractivity contribution < 1.29 is 44.8 Å². The molecule has 0 aliphatic carbocycles. The fourth-order valence-electron chi connectivity index (χ4n) is 3.21. The van der Waals surface area contributed by atoms with Crippen LogP contribution in [0.15, 0.2) is 18.3 Å². The Kier molecular flexibility index (Phi) is 6.00. The average Bonchev–Trinajstić information content (AvgIpc) is 3.09. The lowest BCUT2D eigenvalue weighted by atomic mass is 10.0. The summed E-state index contributed by atoms with van der Waals surface area (Å²) in [5.74, 6) is -9.18. The Bertz CT molecular complexity index is 1010. The first kappa shape index (κ1) is 23.0. The van der Waals surface area contributed by atoms with E-state index >= 15 is 0 Å². The molecule has 0 bridgehead atoms. The van der Waals surface area contributed by atoms with Crippen LogP contribution in [0.4, 0.5) is 35.1 Å². The Morgan fingerprint density at radius 2 is 1.77 bits per heavy atom. The van der Waals surface area contributed by atoms with E-state index < -0.39 is 41.3 Å². The zero-order valence-electron chi connectivity index (χ0n) is 15.7. The van der Waals surface area contributed by atoms with Crippen molar-refractivity contribution in [1.82, 2.24) is 9.55 Å². The van der Waals surface area contributed by atoms with Crippen LogP contribution in [-0.2, 0) is 25.4 Å². The summed E-state index contributed by atoms with van der Waals surface area (Å²) in [7, 11) is 0. The van der Waals surface area contributed by atoms with E-state index in [1.165, 1.54) is 4.58 Å². The zero-order valence-corrected chi connectivity index (χ0v) is 15.7. The van der Waals surface area contributed by atoms with Crippen LogP contribution < -0.4 is 5.73 Å². The smallest absolute Gasteiger partial charge is 0.459 e. The number of rotatable bonds is 5. The second-order valence-electron chi connectivity index (χ2n) is 7.17. The highest BCUT2D eigenvalue weighted by molar-refractivity contribution is 5.69. The summed E-state index contributed by atoms with van der Waals surface area (Å²) in [5.41, 5.74) is 4.19. The second kappa shape index (κ2) is 8.09. The van der Waals surface area contributed by atoms with Crippen molar-refractivity contribution in [3.05, 3.63) is 52.9 Å². The molecule has 13 heteroatoms. The number of hydrogen-bond donors (Lipinski definition) is 2. The normalized spacial score (nSPS) is 17.5. The molecule has 1 aromatic carbocycles. The highest BCUT2D eigenvalue weighted by Crippen LogP contribution is 2.43. The number of aromatic nitrogens is 2. The molecule has 2 heterocycles. The van der Waals surface area contributed by atoms with E-state index in [9.17, 15) is 40.2 Å². The fourth-order valence-corrected chi connectivity index (χ4v) is 3.21. The van der Waals surface area contributed by atoms with Crippen LogP contribution in [0, 0.1) is 17.5 Å². The minimum atomic E-state index is -5.80. The van der Waals surface area contributed by atoms with Gasteiger partial charge < -0.3 is 15.4 Å². The molecule has 1 aromatic heterocycles. The molecule has 1 atom stereocenters. The maximum Gasteiger partial charge on any atom is 0.459 e. The maximum atomic E-state index is 13.7. The molecule has 0 saturated heterocycles. The summed E-state index contributed by atoms with van der Waals surface area (Å²) in [5, 5.41) is 10.3. The number of hydrogen-bond acceptors (Lipinski definition) is 2. The molecule has 0 unspecified atom stereocenters. The fraction of sp³-hybridized carbons (Fsp3) is 0.444. The van der Waals surface area contributed by atoms with Crippen molar-refractivity contribution in [2.45, 2.75) is 44.1 Å². The van der Waals surface area contributed by atoms with E-state index in [2.05, 4.69) is 4.98 Å². The molecule has 0 amide bonds. The van der Waals surface area contributed by atoms with Crippen LogP contribution in [0.1, 0.15) is 23.5 Å². The first-order valence-corrected chi connectivity index (χ1v) is 8.99. The van der Waals surface area contributed by atoms with Crippen LogP contribution in [0.5, 0.6) is 0 Å². The van der Waals surface area contributed by atoms with Crippen molar-refractivity contribution in [2.24, 2.45) is 5.73 Å². The van der Waals surface area contributed by atoms with Crippen LogP contribution in [-0.4, -0.2) is 43.9 Å². The second-order valence-corrected chi connectivity index (χ2v) is 7.17. The molecule has 31 heavy (non-hydrogen) atoms. The van der Waals surface area contributed by atoms with Crippen LogP contribution in [0.3, 0.4) is 0 Å². The van der Waals surface area contributed by atoms with Crippen LogP contribution >= 0.6 is 0 Å². The molecule has 3 rings (SSSR count). The van der Waals surface area contributed by atoms with Gasteiger partial charge in [-0.25, -0.2) is 18.2 Å². The zero-order chi connectivity index (χ0) is 23.1. The number of nitrogens with two attached hydrogens (primary N) is 1. The lowest BCUT2D eigenvalue weighted by Crippen LogP contribution is -2.35. The van der Waals surface area contributed by atoms with Gasteiger partial charge in [0.25, 0.3) is 0 Å². The number of aliphatic hydroxyl groups excluding tert-OH is 1. The topological polar surface area (TPSA) is 67.1 Å². The number of nitrogens with zero attached hydrogens (tertiary/aromatic N) is 3. The van der Waals surface area contributed by atoms with Gasteiger partial charge in [-0.15, -0.1) is 0 Å². The van der Waals surface area contributed by atoms with Gasteiger partial charge in [0.15, 0.2) is 24.0 Å². The van der Waals surface area contributed by atoms with Gasteiger partial charge in [0.2, 0.25) is 6.54 Å². The van der Waals surface area contributed by atoms with Gasteiger partial charge in [-0.05, 0) is 18.1 Å². The van der Waals surface area contributed by atoms with Gasteiger partial charge in [0, 0.05) is 18.3 Å². The molecule has 0 radical (unpaired) electrons. The van der Waals surface area contributed by atoms with E-state index in [-0.39, 0.29) is 49.8 Å². The minimum Gasteiger partial charge on any atom is -0.463 e. The first-order chi connectivity index (χ1) is 14.3. The number of imidazole rings is 1. The molecule has 1 aliphatic rings. The molecule has 0 spiro atoms. The van der Waals surface area contributed by atoms with Crippen LogP contribution in [0.25, 0.3) is 0 Å². The van der Waals surface area contributed by atoms with Crippen molar-refractivity contribution in [3.63, 3.8) is 0 Å². The SMILES string of the molecule is N[C@@H](CC(O)=[N+]1CCn2cc(C(F)(F)C(F)(F)F)nc2C1)Cc1cc(F)c(F)cc1F. The Balaban J connectivity index is 1.73. The van der Waals surface area contributed by atoms with E-state index in [0.717, 1.165) is 4.57 Å². The monoisotopic (exact) mass is 457 g/mol. The highest BCUT2D eigenvalue weighted by Gasteiger charge is 2.60. The Hall–Kier alpha value is -2.70. The lowest BCUT2D eigenvalue weighted by Gasteiger charge is -2.16. The summed E-state index contributed by atoms with van der Waals surface area (Å²) in [4.78, 5) is 3.37. The Morgan fingerprint density at radius 3 is 2.42 bits per heavy atom. The van der Waals surface area contributed by atoms with Gasteiger partial charge in [-0.2, -0.15) is 26.5 Å². The predicted molar refractivity (Wildman–Crippen MR) is 91.3 cm³/mol. The van der Waals surface area contributed by atoms with Crippen molar-refractivity contribution >= 4 is 5.90 Å². The molecule has 0 saturated carbocycles. The number of fused-ring (bicyclic) bond motifs is 1. The van der Waals surface area contributed by atoms with Gasteiger partial charge >= 0.3 is 18.0 Å². The standard InChI is InChI=1S/C18H16F8N4O/c19-11-6-13(21)12(20)4-9(11)3-10(27)5-16(31)30-2-1-29-7-14(28-15(29)8-30)17(22,23)18(24,25)26/h4,6-7,10H,1-3,5,8,27H2/p+1/t10-/m1/s1. The van der Waals surface area contributed by atoms with E-state index in [4.69, 9.17) is 5.73 Å². The number of halogens is 8. The largest absolute Gasteiger partial charge is 0.463 e. The molecule has 170 valence electrons. The number of alkyl halides is 5. The Morgan fingerprint density at radius 1 is 1.13 bits per heavy atom. The molecule has 0 fully saturated rings. The summed E-state index contributed by atoms with van der Waals surface area (Å²) >= 11 is 0. The van der Waals surface area contributed by atoms with Crippen molar-refractivity contribution in [1.29, 1.82) is 0 Å². The molecular weight excluding hydrogens is 440 g/mol. The molecule has 5 nitrogen and oxygen atoms in total.